The molecule has 0 aliphatic carbocycles. The molecule has 0 spiro atoms. The molecular weight excluding hydrogens is 721 g/mol. The van der Waals surface area contributed by atoms with E-state index in [4.69, 9.17) is 28.4 Å². The van der Waals surface area contributed by atoms with Crippen LogP contribution in [0.3, 0.4) is 0 Å². The third-order valence-electron chi connectivity index (χ3n) is 7.30. The lowest BCUT2D eigenvalue weighted by atomic mass is 10.1. The first kappa shape index (κ1) is 33.3. The largest absolute Gasteiger partial charge is 0.491 e. The van der Waals surface area contributed by atoms with Gasteiger partial charge >= 0.3 is 12.2 Å². The second-order valence-corrected chi connectivity index (χ2v) is 15.0. The number of carbonyl (C=O) groups is 2. The van der Waals surface area contributed by atoms with E-state index in [0.29, 0.717) is 20.5 Å². The van der Waals surface area contributed by atoms with E-state index in [0.717, 1.165) is 15.8 Å². The van der Waals surface area contributed by atoms with Gasteiger partial charge in [-0.15, -0.1) is 0 Å². The number of ether oxygens (including phenoxy) is 6. The molecule has 2 saturated heterocycles. The van der Waals surface area contributed by atoms with E-state index in [1.807, 2.05) is 48.7 Å². The fraction of sp³-hybridized carbons (Fsp3) is 0.485. The molecule has 0 unspecified atom stereocenters. The number of anilines is 1. The Morgan fingerprint density at radius 1 is 0.957 bits per heavy atom. The number of halogens is 1. The van der Waals surface area contributed by atoms with Crippen molar-refractivity contribution >= 4 is 62.5 Å². The van der Waals surface area contributed by atoms with E-state index in [2.05, 4.69) is 37.5 Å². The standard InChI is InChI=1S/C33H38IN5O8/c1-31(2,3)46-29(40)39(30(41)47-32(4,5)6)27-20-15-23(34)38(26(20)36-17-37-27)28-25-24(44-33(7,8)45-25)22(43-28)16-42-19-12-11-18-10-9-13-35-21(18)14-19/h9-15,17,22,24-25,28H,16H2,1-8H3/t22-,24-,25-,28-/m1/s1. The molecule has 0 saturated carbocycles. The predicted molar refractivity (Wildman–Crippen MR) is 180 cm³/mol. The number of carbonyl (C=O) groups excluding carboxylic acids is 2. The lowest BCUT2D eigenvalue weighted by molar-refractivity contribution is -0.199. The first-order valence-electron chi connectivity index (χ1n) is 15.3. The molecule has 250 valence electrons. The highest BCUT2D eigenvalue weighted by Gasteiger charge is 2.56. The first-order valence-corrected chi connectivity index (χ1v) is 16.3. The average molecular weight is 760 g/mol. The Bertz CT molecular complexity index is 1800. The minimum Gasteiger partial charge on any atom is -0.491 e. The van der Waals surface area contributed by atoms with Crippen molar-refractivity contribution in [3.63, 3.8) is 0 Å². The SMILES string of the molecule is CC(C)(C)OC(=O)N(C(=O)OC(C)(C)C)c1ncnc2c1cc(I)n2[C@@H]1O[C@H](COc2ccc3cccnc3c2)[C@H]2OC(C)(C)O[C@H]21. The van der Waals surface area contributed by atoms with Gasteiger partial charge in [-0.25, -0.2) is 19.6 Å². The Kier molecular flexibility index (Phi) is 8.60. The van der Waals surface area contributed by atoms with Crippen molar-refractivity contribution in [2.75, 3.05) is 11.5 Å². The first-order chi connectivity index (χ1) is 22.0. The summed E-state index contributed by atoms with van der Waals surface area (Å²) in [4.78, 5) is 41.0. The van der Waals surface area contributed by atoms with Crippen LogP contribution in [0.25, 0.3) is 21.9 Å². The van der Waals surface area contributed by atoms with Crippen LogP contribution in [0, 0.1) is 3.70 Å². The Morgan fingerprint density at radius 3 is 2.32 bits per heavy atom. The van der Waals surface area contributed by atoms with Gasteiger partial charge in [-0.1, -0.05) is 6.07 Å². The minimum atomic E-state index is -0.929. The molecule has 0 radical (unpaired) electrons. The molecule has 1 aromatic carbocycles. The van der Waals surface area contributed by atoms with Gasteiger partial charge in [-0.2, -0.15) is 4.90 Å². The van der Waals surface area contributed by atoms with Crippen LogP contribution in [0.2, 0.25) is 0 Å². The fourth-order valence-corrected chi connectivity index (χ4v) is 6.40. The number of fused-ring (bicyclic) bond motifs is 3. The van der Waals surface area contributed by atoms with Gasteiger partial charge < -0.3 is 28.4 Å². The van der Waals surface area contributed by atoms with Crippen molar-refractivity contribution in [1.82, 2.24) is 19.5 Å². The molecule has 5 heterocycles. The Hall–Kier alpha value is -3.60. The summed E-state index contributed by atoms with van der Waals surface area (Å²) in [7, 11) is 0. The number of benzene rings is 1. The third-order valence-corrected chi connectivity index (χ3v) is 8.13. The maximum Gasteiger partial charge on any atom is 0.425 e. The van der Waals surface area contributed by atoms with E-state index in [9.17, 15) is 9.59 Å². The molecule has 2 fully saturated rings. The van der Waals surface area contributed by atoms with E-state index in [-0.39, 0.29) is 12.4 Å². The Labute approximate surface area is 286 Å². The molecular formula is C33H38IN5O8. The van der Waals surface area contributed by atoms with Crippen LogP contribution in [-0.4, -0.2) is 73.6 Å². The van der Waals surface area contributed by atoms with Crippen LogP contribution in [0.15, 0.2) is 48.9 Å². The normalized spacial score (nSPS) is 22.3. The highest BCUT2D eigenvalue weighted by Crippen LogP contribution is 2.45. The van der Waals surface area contributed by atoms with Crippen LogP contribution in [0.4, 0.5) is 15.4 Å². The van der Waals surface area contributed by atoms with Gasteiger partial charge in [0, 0.05) is 17.6 Å². The quantitative estimate of drug-likeness (QED) is 0.200. The monoisotopic (exact) mass is 759 g/mol. The molecule has 14 heteroatoms. The molecule has 4 aromatic rings. The predicted octanol–water partition coefficient (Wildman–Crippen LogP) is 6.76. The van der Waals surface area contributed by atoms with Gasteiger partial charge in [-0.05, 0) is 102 Å². The summed E-state index contributed by atoms with van der Waals surface area (Å²) in [6, 6.07) is 11.4. The van der Waals surface area contributed by atoms with Gasteiger partial charge in [0.1, 0.15) is 53.8 Å². The lowest BCUT2D eigenvalue weighted by Crippen LogP contribution is -2.44. The minimum absolute atomic E-state index is 0.0124. The summed E-state index contributed by atoms with van der Waals surface area (Å²) in [5.41, 5.74) is -0.534. The van der Waals surface area contributed by atoms with E-state index in [1.54, 1.807) is 53.8 Å². The summed E-state index contributed by atoms with van der Waals surface area (Å²) in [6.45, 7) is 14.2. The summed E-state index contributed by atoms with van der Waals surface area (Å²) in [5, 5.41) is 1.43. The van der Waals surface area contributed by atoms with Crippen molar-refractivity contribution in [1.29, 1.82) is 0 Å². The smallest absolute Gasteiger partial charge is 0.425 e. The zero-order valence-electron chi connectivity index (χ0n) is 27.5. The molecule has 47 heavy (non-hydrogen) atoms. The summed E-state index contributed by atoms with van der Waals surface area (Å²) in [5.74, 6) is -0.208. The zero-order chi connectivity index (χ0) is 33.9. The number of amides is 2. The summed E-state index contributed by atoms with van der Waals surface area (Å²) in [6.07, 6.45) is -0.994. The lowest BCUT2D eigenvalue weighted by Gasteiger charge is -2.28. The molecule has 3 aromatic heterocycles. The molecule has 0 bridgehead atoms. The van der Waals surface area contributed by atoms with Crippen molar-refractivity contribution in [3.05, 3.63) is 52.6 Å². The maximum atomic E-state index is 13.5. The van der Waals surface area contributed by atoms with Crippen molar-refractivity contribution in [2.45, 2.75) is 96.9 Å². The third kappa shape index (κ3) is 7.00. The van der Waals surface area contributed by atoms with E-state index >= 15 is 0 Å². The molecule has 13 nitrogen and oxygen atoms in total. The topological polar surface area (TPSA) is 136 Å². The Morgan fingerprint density at radius 2 is 1.64 bits per heavy atom. The van der Waals surface area contributed by atoms with Crippen LogP contribution in [-0.2, 0) is 23.7 Å². The number of pyridine rings is 1. The van der Waals surface area contributed by atoms with Crippen molar-refractivity contribution < 1.29 is 38.0 Å². The number of aromatic nitrogens is 4. The highest BCUT2D eigenvalue weighted by molar-refractivity contribution is 14.1. The number of imide groups is 1. The maximum absolute atomic E-state index is 13.5. The highest BCUT2D eigenvalue weighted by atomic mass is 127. The van der Waals surface area contributed by atoms with E-state index in [1.165, 1.54) is 6.33 Å². The van der Waals surface area contributed by atoms with Gasteiger partial charge in [0.25, 0.3) is 0 Å². The van der Waals surface area contributed by atoms with Crippen molar-refractivity contribution in [2.24, 2.45) is 0 Å². The van der Waals surface area contributed by atoms with Crippen LogP contribution >= 0.6 is 22.6 Å². The van der Waals surface area contributed by atoms with Crippen LogP contribution < -0.4 is 9.64 Å². The molecule has 4 atom stereocenters. The number of nitrogens with zero attached hydrogens (tertiary/aromatic N) is 5. The number of rotatable bonds is 5. The molecule has 2 aliphatic rings. The summed E-state index contributed by atoms with van der Waals surface area (Å²) < 4.78 is 39.2. The van der Waals surface area contributed by atoms with Gasteiger partial charge in [-0.3, -0.25) is 9.55 Å². The Balaban J connectivity index is 1.34. The second-order valence-electron chi connectivity index (χ2n) is 13.9. The van der Waals surface area contributed by atoms with Crippen LogP contribution in [0.5, 0.6) is 5.75 Å². The number of hydrogen-bond donors (Lipinski definition) is 0. The van der Waals surface area contributed by atoms with Crippen LogP contribution in [0.1, 0.15) is 61.6 Å². The van der Waals surface area contributed by atoms with E-state index < -0.39 is 53.7 Å². The fourth-order valence-electron chi connectivity index (χ4n) is 5.59. The number of hydrogen-bond acceptors (Lipinski definition) is 11. The molecule has 6 rings (SSSR count). The molecule has 2 amide bonds. The van der Waals surface area contributed by atoms with Crippen molar-refractivity contribution in [3.8, 4) is 5.75 Å². The second kappa shape index (κ2) is 12.1. The molecule has 0 N–H and O–H groups in total. The average Bonchev–Trinajstić information content (AvgIpc) is 3.57. The molecule has 2 aliphatic heterocycles. The summed E-state index contributed by atoms with van der Waals surface area (Å²) >= 11 is 2.16. The van der Waals surface area contributed by atoms with Gasteiger partial charge in [0.2, 0.25) is 0 Å². The zero-order valence-corrected chi connectivity index (χ0v) is 29.7. The van der Waals surface area contributed by atoms with Gasteiger partial charge in [0.15, 0.2) is 17.8 Å². The van der Waals surface area contributed by atoms with Gasteiger partial charge in [0.05, 0.1) is 14.6 Å².